The molecule has 1 atom stereocenters. The third kappa shape index (κ3) is 4.28. The summed E-state index contributed by atoms with van der Waals surface area (Å²) >= 11 is 0. The number of ether oxygens (including phenoxy) is 1. The zero-order valence-electron chi connectivity index (χ0n) is 15.1. The predicted octanol–water partition coefficient (Wildman–Crippen LogP) is 1.65. The molecule has 1 N–H and O–H groups in total. The second-order valence-corrected chi connectivity index (χ2v) is 7.83. The summed E-state index contributed by atoms with van der Waals surface area (Å²) in [7, 11) is -1.95. The molecule has 0 bridgehead atoms. The minimum Gasteiger partial charge on any atom is -0.492 e. The largest absolute Gasteiger partial charge is 0.492 e. The van der Waals surface area contributed by atoms with Crippen LogP contribution < -0.4 is 9.46 Å². The van der Waals surface area contributed by atoms with Crippen molar-refractivity contribution in [3.8, 4) is 5.75 Å². The van der Waals surface area contributed by atoms with Crippen molar-refractivity contribution in [3.05, 3.63) is 60.2 Å². The Kier molecular flexibility index (Phi) is 5.46. The number of rotatable bonds is 6. The number of nitrogens with one attached hydrogen (secondary N) is 1. The van der Waals surface area contributed by atoms with Crippen molar-refractivity contribution in [3.63, 3.8) is 0 Å². The Labute approximate surface area is 158 Å². The van der Waals surface area contributed by atoms with E-state index >= 15 is 0 Å². The third-order valence-electron chi connectivity index (χ3n) is 4.16. The van der Waals surface area contributed by atoms with Gasteiger partial charge in [0.05, 0.1) is 11.4 Å². The second kappa shape index (κ2) is 7.79. The lowest BCUT2D eigenvalue weighted by Gasteiger charge is -2.20. The Bertz CT molecular complexity index is 958. The minimum absolute atomic E-state index is 0.174. The molecule has 0 spiro atoms. The van der Waals surface area contributed by atoms with Crippen LogP contribution in [0.4, 0.5) is 0 Å². The number of sulfonamides is 1. The number of hydrogen-bond acceptors (Lipinski definition) is 5. The van der Waals surface area contributed by atoms with Crippen molar-refractivity contribution >= 4 is 21.8 Å². The first-order valence-electron chi connectivity index (χ1n) is 8.51. The van der Waals surface area contributed by atoms with Crippen molar-refractivity contribution in [1.29, 1.82) is 0 Å². The van der Waals surface area contributed by atoms with Crippen LogP contribution in [0.5, 0.6) is 5.75 Å². The van der Waals surface area contributed by atoms with Gasteiger partial charge in [-0.2, -0.15) is 0 Å². The predicted molar refractivity (Wildman–Crippen MR) is 102 cm³/mol. The normalized spacial score (nSPS) is 17.0. The lowest BCUT2D eigenvalue weighted by Crippen LogP contribution is -2.37. The third-order valence-corrected chi connectivity index (χ3v) is 5.55. The highest BCUT2D eigenvalue weighted by molar-refractivity contribution is 7.90. The summed E-state index contributed by atoms with van der Waals surface area (Å²) in [4.78, 5) is 18.5. The Morgan fingerprint density at radius 3 is 2.56 bits per heavy atom. The summed E-state index contributed by atoms with van der Waals surface area (Å²) in [5.74, 6) is 0.715. The molecule has 0 aliphatic carbocycles. The number of para-hydroxylation sites is 1. The van der Waals surface area contributed by atoms with Gasteiger partial charge in [0, 0.05) is 12.6 Å². The van der Waals surface area contributed by atoms with Gasteiger partial charge < -0.3 is 9.64 Å². The number of amidine groups is 1. The zero-order chi connectivity index (χ0) is 19.4. The van der Waals surface area contributed by atoms with Crippen LogP contribution in [-0.2, 0) is 14.8 Å². The van der Waals surface area contributed by atoms with Gasteiger partial charge in [0.25, 0.3) is 10.0 Å². The molecule has 1 heterocycles. The molecular formula is C19H21N3O4S. The van der Waals surface area contributed by atoms with E-state index in [-0.39, 0.29) is 16.6 Å². The highest BCUT2D eigenvalue weighted by Gasteiger charge is 2.31. The SMILES string of the molecule is CC(N=C1NS(=O)(=O)c2ccccc21)C(=O)N(C)CCOc1ccccc1. The number of fused-ring (bicyclic) bond motifs is 1. The molecule has 3 rings (SSSR count). The summed E-state index contributed by atoms with van der Waals surface area (Å²) in [6.45, 7) is 2.38. The summed E-state index contributed by atoms with van der Waals surface area (Å²) < 4.78 is 32.2. The minimum atomic E-state index is -3.62. The molecule has 0 radical (unpaired) electrons. The van der Waals surface area contributed by atoms with Gasteiger partial charge >= 0.3 is 0 Å². The van der Waals surface area contributed by atoms with E-state index in [4.69, 9.17) is 4.74 Å². The maximum Gasteiger partial charge on any atom is 0.263 e. The number of carbonyl (C=O) groups is 1. The van der Waals surface area contributed by atoms with Crippen molar-refractivity contribution in [1.82, 2.24) is 9.62 Å². The van der Waals surface area contributed by atoms with Gasteiger partial charge in [-0.25, -0.2) is 8.42 Å². The van der Waals surface area contributed by atoms with Crippen LogP contribution in [-0.4, -0.2) is 51.3 Å². The van der Waals surface area contributed by atoms with Gasteiger partial charge in [-0.3, -0.25) is 14.5 Å². The van der Waals surface area contributed by atoms with Crippen molar-refractivity contribution < 1.29 is 17.9 Å². The van der Waals surface area contributed by atoms with E-state index in [1.165, 1.54) is 11.0 Å². The summed E-state index contributed by atoms with van der Waals surface area (Å²) in [6, 6.07) is 15.2. The smallest absolute Gasteiger partial charge is 0.263 e. The zero-order valence-corrected chi connectivity index (χ0v) is 15.9. The number of benzene rings is 2. The monoisotopic (exact) mass is 387 g/mol. The van der Waals surface area contributed by atoms with Gasteiger partial charge in [0.15, 0.2) is 0 Å². The van der Waals surface area contributed by atoms with Crippen LogP contribution in [0.15, 0.2) is 64.5 Å². The standard InChI is InChI=1S/C19H21N3O4S/c1-14(19(23)22(2)12-13-26-15-8-4-3-5-9-15)20-18-16-10-6-7-11-17(16)27(24,25)21-18/h3-11,14H,12-13H2,1-2H3,(H,20,21). The molecule has 0 saturated carbocycles. The Morgan fingerprint density at radius 2 is 1.81 bits per heavy atom. The fourth-order valence-corrected chi connectivity index (χ4v) is 3.96. The molecule has 7 nitrogen and oxygen atoms in total. The lowest BCUT2D eigenvalue weighted by molar-refractivity contribution is -0.131. The number of nitrogens with zero attached hydrogens (tertiary/aromatic N) is 2. The van der Waals surface area contributed by atoms with Gasteiger partial charge in [-0.05, 0) is 31.2 Å². The number of hydrogen-bond donors (Lipinski definition) is 1. The molecule has 0 fully saturated rings. The summed E-state index contributed by atoms with van der Waals surface area (Å²) in [5.41, 5.74) is 0.479. The van der Waals surface area contributed by atoms with Crippen LogP contribution in [0, 0.1) is 0 Å². The molecule has 1 amide bonds. The summed E-state index contributed by atoms with van der Waals surface area (Å²) in [6.07, 6.45) is 0. The van der Waals surface area contributed by atoms with Crippen LogP contribution >= 0.6 is 0 Å². The molecule has 1 aliphatic rings. The van der Waals surface area contributed by atoms with Crippen molar-refractivity contribution in [2.45, 2.75) is 17.9 Å². The Morgan fingerprint density at radius 1 is 1.15 bits per heavy atom. The molecule has 27 heavy (non-hydrogen) atoms. The number of carbonyl (C=O) groups excluding carboxylic acids is 1. The molecule has 142 valence electrons. The first kappa shape index (κ1) is 18.9. The van der Waals surface area contributed by atoms with E-state index in [0.717, 1.165) is 5.75 Å². The molecule has 2 aromatic carbocycles. The highest BCUT2D eigenvalue weighted by atomic mass is 32.2. The molecule has 0 aromatic heterocycles. The maximum atomic E-state index is 12.5. The Balaban J connectivity index is 1.63. The van der Waals surface area contributed by atoms with Gasteiger partial charge in [0.1, 0.15) is 24.2 Å². The van der Waals surface area contributed by atoms with Crippen LogP contribution in [0.3, 0.4) is 0 Å². The van der Waals surface area contributed by atoms with E-state index < -0.39 is 16.1 Å². The number of amides is 1. The molecule has 8 heteroatoms. The second-order valence-electron chi connectivity index (χ2n) is 6.18. The number of likely N-dealkylation sites (N-methyl/N-ethyl adjacent to an activating group) is 1. The molecule has 2 aromatic rings. The topological polar surface area (TPSA) is 88.1 Å². The summed E-state index contributed by atoms with van der Waals surface area (Å²) in [5, 5.41) is 0. The van der Waals surface area contributed by atoms with Crippen LogP contribution in [0.2, 0.25) is 0 Å². The van der Waals surface area contributed by atoms with Crippen LogP contribution in [0.25, 0.3) is 0 Å². The van der Waals surface area contributed by atoms with E-state index in [0.29, 0.717) is 18.7 Å². The lowest BCUT2D eigenvalue weighted by atomic mass is 10.2. The average molecular weight is 387 g/mol. The molecular weight excluding hydrogens is 366 g/mol. The van der Waals surface area contributed by atoms with Crippen molar-refractivity contribution in [2.75, 3.05) is 20.2 Å². The maximum absolute atomic E-state index is 12.5. The van der Waals surface area contributed by atoms with E-state index in [1.807, 2.05) is 30.3 Å². The number of aliphatic imine (C=N–C) groups is 1. The van der Waals surface area contributed by atoms with Crippen molar-refractivity contribution in [2.24, 2.45) is 4.99 Å². The van der Waals surface area contributed by atoms with E-state index in [1.54, 1.807) is 32.2 Å². The van der Waals surface area contributed by atoms with Gasteiger partial charge in [-0.1, -0.05) is 30.3 Å². The highest BCUT2D eigenvalue weighted by Crippen LogP contribution is 2.22. The Hall–Kier alpha value is -2.87. The fourth-order valence-electron chi connectivity index (χ4n) is 2.72. The van der Waals surface area contributed by atoms with E-state index in [9.17, 15) is 13.2 Å². The fraction of sp³-hybridized carbons (Fsp3) is 0.263. The van der Waals surface area contributed by atoms with Crippen LogP contribution in [0.1, 0.15) is 12.5 Å². The van der Waals surface area contributed by atoms with Gasteiger partial charge in [-0.15, -0.1) is 0 Å². The molecule has 0 saturated heterocycles. The average Bonchev–Trinajstić information content (AvgIpc) is 2.92. The quantitative estimate of drug-likeness (QED) is 0.816. The molecule has 1 aliphatic heterocycles. The van der Waals surface area contributed by atoms with E-state index in [2.05, 4.69) is 9.71 Å². The molecule has 1 unspecified atom stereocenters. The first-order chi connectivity index (χ1) is 12.9. The first-order valence-corrected chi connectivity index (χ1v) is 9.99. The van der Waals surface area contributed by atoms with Gasteiger partial charge in [0.2, 0.25) is 5.91 Å².